The normalized spacial score (nSPS) is 22.6. The van der Waals surface area contributed by atoms with Crippen LogP contribution in [0.5, 0.6) is 0 Å². The molecule has 2 heterocycles. The number of piperidine rings is 1. The molecule has 2 aliphatic rings. The molecule has 2 saturated heterocycles. The SMILES string of the molecule is CN(C(=O)c1cccc(F)c1)[C@H]1COC2(CCN(C(=O)O)CC2)C1. The van der Waals surface area contributed by atoms with Crippen molar-refractivity contribution in [1.29, 1.82) is 0 Å². The van der Waals surface area contributed by atoms with E-state index in [1.165, 1.54) is 23.1 Å². The average molecular weight is 336 g/mol. The van der Waals surface area contributed by atoms with E-state index in [0.717, 1.165) is 0 Å². The molecular weight excluding hydrogens is 315 g/mol. The molecule has 2 aliphatic heterocycles. The standard InChI is InChI=1S/C17H21FN2O4/c1-19(15(21)12-3-2-4-13(18)9-12)14-10-17(24-11-14)5-7-20(8-6-17)16(22)23/h2-4,9,14H,5-8,10-11H2,1H3,(H,22,23)/t14-/m1/s1. The minimum Gasteiger partial charge on any atom is -0.465 e. The van der Waals surface area contributed by atoms with Crippen LogP contribution in [-0.2, 0) is 4.74 Å². The number of ether oxygens (including phenoxy) is 1. The number of nitrogens with zero attached hydrogens (tertiary/aromatic N) is 2. The van der Waals surface area contributed by atoms with Crippen molar-refractivity contribution in [1.82, 2.24) is 9.80 Å². The monoisotopic (exact) mass is 336 g/mol. The number of carboxylic acid groups (broad SMARTS) is 1. The molecule has 1 N–H and O–H groups in total. The molecule has 2 amide bonds. The lowest BCUT2D eigenvalue weighted by atomic mass is 9.87. The largest absolute Gasteiger partial charge is 0.465 e. The van der Waals surface area contributed by atoms with Gasteiger partial charge in [-0.1, -0.05) is 6.07 Å². The highest BCUT2D eigenvalue weighted by atomic mass is 19.1. The Labute approximate surface area is 139 Å². The van der Waals surface area contributed by atoms with Crippen molar-refractivity contribution in [3.05, 3.63) is 35.6 Å². The highest BCUT2D eigenvalue weighted by Gasteiger charge is 2.45. The second-order valence-corrected chi connectivity index (χ2v) is 6.55. The summed E-state index contributed by atoms with van der Waals surface area (Å²) in [5.74, 6) is -0.669. The van der Waals surface area contributed by atoms with Gasteiger partial charge in [0.25, 0.3) is 5.91 Å². The van der Waals surface area contributed by atoms with Gasteiger partial charge in [0, 0.05) is 25.7 Å². The smallest absolute Gasteiger partial charge is 0.407 e. The number of hydrogen-bond donors (Lipinski definition) is 1. The third-order valence-electron chi connectivity index (χ3n) is 5.07. The van der Waals surface area contributed by atoms with Crippen molar-refractivity contribution >= 4 is 12.0 Å². The molecule has 0 radical (unpaired) electrons. The van der Waals surface area contributed by atoms with Gasteiger partial charge in [0.1, 0.15) is 5.82 Å². The lowest BCUT2D eigenvalue weighted by Gasteiger charge is -2.37. The van der Waals surface area contributed by atoms with Crippen molar-refractivity contribution in [2.45, 2.75) is 30.9 Å². The van der Waals surface area contributed by atoms with E-state index in [2.05, 4.69) is 0 Å². The molecule has 0 aliphatic carbocycles. The zero-order chi connectivity index (χ0) is 17.3. The zero-order valence-corrected chi connectivity index (χ0v) is 13.6. The molecule has 24 heavy (non-hydrogen) atoms. The van der Waals surface area contributed by atoms with Crippen LogP contribution in [0, 0.1) is 5.82 Å². The summed E-state index contributed by atoms with van der Waals surface area (Å²) >= 11 is 0. The lowest BCUT2D eigenvalue weighted by Crippen LogP contribution is -2.46. The lowest BCUT2D eigenvalue weighted by molar-refractivity contribution is -0.0398. The first-order valence-electron chi connectivity index (χ1n) is 8.05. The summed E-state index contributed by atoms with van der Waals surface area (Å²) in [4.78, 5) is 26.5. The summed E-state index contributed by atoms with van der Waals surface area (Å²) in [5.41, 5.74) is -0.0354. The molecule has 1 spiro atoms. The Morgan fingerprint density at radius 1 is 1.38 bits per heavy atom. The van der Waals surface area contributed by atoms with Gasteiger partial charge in [-0.25, -0.2) is 9.18 Å². The summed E-state index contributed by atoms with van der Waals surface area (Å²) in [6.07, 6.45) is 1.05. The van der Waals surface area contributed by atoms with Gasteiger partial charge in [-0.2, -0.15) is 0 Å². The van der Waals surface area contributed by atoms with E-state index in [4.69, 9.17) is 9.84 Å². The summed E-state index contributed by atoms with van der Waals surface area (Å²) < 4.78 is 19.3. The van der Waals surface area contributed by atoms with Crippen LogP contribution in [0.2, 0.25) is 0 Å². The van der Waals surface area contributed by atoms with E-state index in [9.17, 15) is 14.0 Å². The Kier molecular flexibility index (Phi) is 4.45. The minimum atomic E-state index is -0.905. The van der Waals surface area contributed by atoms with E-state index >= 15 is 0 Å². The molecule has 0 bridgehead atoms. The highest BCUT2D eigenvalue weighted by Crippen LogP contribution is 2.37. The predicted molar refractivity (Wildman–Crippen MR) is 84.4 cm³/mol. The molecule has 130 valence electrons. The molecule has 3 rings (SSSR count). The van der Waals surface area contributed by atoms with Crippen molar-refractivity contribution < 1.29 is 23.8 Å². The van der Waals surface area contributed by atoms with Crippen LogP contribution in [0.4, 0.5) is 9.18 Å². The van der Waals surface area contributed by atoms with Crippen LogP contribution >= 0.6 is 0 Å². The Morgan fingerprint density at radius 3 is 2.71 bits per heavy atom. The highest BCUT2D eigenvalue weighted by molar-refractivity contribution is 5.94. The Morgan fingerprint density at radius 2 is 2.08 bits per heavy atom. The molecule has 0 unspecified atom stereocenters. The maximum atomic E-state index is 13.3. The number of benzene rings is 1. The fourth-order valence-electron chi connectivity index (χ4n) is 3.51. The molecule has 1 aromatic carbocycles. The zero-order valence-electron chi connectivity index (χ0n) is 13.6. The van der Waals surface area contributed by atoms with Crippen LogP contribution in [-0.4, -0.2) is 65.3 Å². The summed E-state index contributed by atoms with van der Waals surface area (Å²) in [7, 11) is 1.70. The number of likely N-dealkylation sites (N-methyl/N-ethyl adjacent to an activating group) is 1. The molecule has 1 atom stereocenters. The number of halogens is 1. The average Bonchev–Trinajstić information content (AvgIpc) is 2.97. The van der Waals surface area contributed by atoms with Crippen LogP contribution in [0.25, 0.3) is 0 Å². The Balaban J connectivity index is 1.63. The number of rotatable bonds is 2. The number of hydrogen-bond acceptors (Lipinski definition) is 3. The summed E-state index contributed by atoms with van der Waals surface area (Å²) in [6, 6.07) is 5.57. The van der Waals surface area contributed by atoms with Crippen molar-refractivity contribution in [2.24, 2.45) is 0 Å². The van der Waals surface area contributed by atoms with Crippen molar-refractivity contribution in [3.8, 4) is 0 Å². The third kappa shape index (κ3) is 3.21. The second kappa shape index (κ2) is 6.39. The van der Waals surface area contributed by atoms with Gasteiger partial charge in [0.2, 0.25) is 0 Å². The van der Waals surface area contributed by atoms with Crippen molar-refractivity contribution in [2.75, 3.05) is 26.7 Å². The van der Waals surface area contributed by atoms with E-state index in [-0.39, 0.29) is 17.6 Å². The predicted octanol–water partition coefficient (Wildman–Crippen LogP) is 2.20. The van der Waals surface area contributed by atoms with Gasteiger partial charge in [0.15, 0.2) is 0 Å². The summed E-state index contributed by atoms with van der Waals surface area (Å²) in [5, 5.41) is 9.03. The molecule has 1 aromatic rings. The van der Waals surface area contributed by atoms with Crippen LogP contribution in [0.15, 0.2) is 24.3 Å². The number of carbonyl (C=O) groups is 2. The van der Waals surface area contributed by atoms with Gasteiger partial charge in [-0.3, -0.25) is 4.79 Å². The molecule has 7 heteroatoms. The topological polar surface area (TPSA) is 70.1 Å². The van der Waals surface area contributed by atoms with E-state index in [0.29, 0.717) is 44.5 Å². The molecule has 6 nitrogen and oxygen atoms in total. The van der Waals surface area contributed by atoms with Gasteiger partial charge in [-0.15, -0.1) is 0 Å². The Bertz CT molecular complexity index is 643. The maximum Gasteiger partial charge on any atom is 0.407 e. The molecular formula is C17H21FN2O4. The van der Waals surface area contributed by atoms with Crippen LogP contribution in [0.3, 0.4) is 0 Å². The molecule has 0 aromatic heterocycles. The van der Waals surface area contributed by atoms with E-state index < -0.39 is 11.9 Å². The first-order chi connectivity index (χ1) is 11.4. The van der Waals surface area contributed by atoms with Gasteiger partial charge in [0.05, 0.1) is 18.2 Å². The molecule has 0 saturated carbocycles. The van der Waals surface area contributed by atoms with E-state index in [1.54, 1.807) is 18.0 Å². The number of likely N-dealkylation sites (tertiary alicyclic amines) is 1. The number of amides is 2. The Hall–Kier alpha value is -2.15. The number of carbonyl (C=O) groups excluding carboxylic acids is 1. The first kappa shape index (κ1) is 16.7. The summed E-state index contributed by atoms with van der Waals surface area (Å²) in [6.45, 7) is 1.32. The van der Waals surface area contributed by atoms with Crippen LogP contribution < -0.4 is 0 Å². The first-order valence-corrected chi connectivity index (χ1v) is 8.05. The van der Waals surface area contributed by atoms with Gasteiger partial charge < -0.3 is 19.6 Å². The third-order valence-corrected chi connectivity index (χ3v) is 5.07. The fraction of sp³-hybridized carbons (Fsp3) is 0.529. The van der Waals surface area contributed by atoms with E-state index in [1.807, 2.05) is 0 Å². The quantitative estimate of drug-likeness (QED) is 0.899. The van der Waals surface area contributed by atoms with Crippen LogP contribution in [0.1, 0.15) is 29.6 Å². The minimum absolute atomic E-state index is 0.0860. The second-order valence-electron chi connectivity index (χ2n) is 6.55. The van der Waals surface area contributed by atoms with Gasteiger partial charge in [-0.05, 0) is 37.5 Å². The van der Waals surface area contributed by atoms with Crippen molar-refractivity contribution in [3.63, 3.8) is 0 Å². The maximum absolute atomic E-state index is 13.3. The fourth-order valence-corrected chi connectivity index (χ4v) is 3.51. The van der Waals surface area contributed by atoms with Gasteiger partial charge >= 0.3 is 6.09 Å². The molecule has 2 fully saturated rings.